The molecule has 0 aliphatic rings. The quantitative estimate of drug-likeness (QED) is 0.672. The van der Waals surface area contributed by atoms with Crippen LogP contribution in [0.3, 0.4) is 0 Å². The van der Waals surface area contributed by atoms with Gasteiger partial charge in [0.05, 0.1) is 10.3 Å². The van der Waals surface area contributed by atoms with Gasteiger partial charge in [-0.3, -0.25) is 9.59 Å². The predicted molar refractivity (Wildman–Crippen MR) is 109 cm³/mol. The van der Waals surface area contributed by atoms with Crippen molar-refractivity contribution in [2.45, 2.75) is 25.3 Å². The molecule has 1 aromatic heterocycles. The van der Waals surface area contributed by atoms with Gasteiger partial charge in [0, 0.05) is 19.8 Å². The number of carbonyl (C=O) groups is 1. The molecule has 0 unspecified atom stereocenters. The number of benzene rings is 2. The molecule has 0 spiro atoms. The van der Waals surface area contributed by atoms with E-state index < -0.39 is 21.5 Å². The van der Waals surface area contributed by atoms with Gasteiger partial charge in [-0.15, -0.1) is 5.10 Å². The molecule has 2 aromatic carbocycles. The molecule has 0 bridgehead atoms. The van der Waals surface area contributed by atoms with Gasteiger partial charge < -0.3 is 5.32 Å². The lowest BCUT2D eigenvalue weighted by atomic mass is 10.1. The van der Waals surface area contributed by atoms with Gasteiger partial charge in [0.25, 0.3) is 5.56 Å². The summed E-state index contributed by atoms with van der Waals surface area (Å²) < 4.78 is 27.0. The van der Waals surface area contributed by atoms with Crippen LogP contribution in [0.2, 0.25) is 0 Å². The fourth-order valence-corrected chi connectivity index (χ4v) is 3.78. The number of rotatable bonds is 5. The van der Waals surface area contributed by atoms with Gasteiger partial charge in [0.2, 0.25) is 15.9 Å². The lowest BCUT2D eigenvalue weighted by molar-refractivity contribution is -0.117. The van der Waals surface area contributed by atoms with Crippen LogP contribution in [0.15, 0.2) is 46.1 Å². The minimum absolute atomic E-state index is 0.0727. The Kier molecular flexibility index (Phi) is 5.49. The first-order valence-corrected chi connectivity index (χ1v) is 10.2. The van der Waals surface area contributed by atoms with Crippen molar-refractivity contribution >= 4 is 32.5 Å². The standard InChI is InChI=1S/C19H21N5O4S/c1-12-9-14(29(27,28)23(3)4)10-17(13(12)2)20-18(25)11-24-19(26)15-7-5-6-8-16(15)21-22-24/h5-10H,11H2,1-4H3,(H,20,25). The lowest BCUT2D eigenvalue weighted by Gasteiger charge is -2.16. The number of aromatic nitrogens is 3. The molecule has 0 aliphatic heterocycles. The third-order valence-electron chi connectivity index (χ3n) is 4.62. The second kappa shape index (κ2) is 7.72. The number of carbonyl (C=O) groups excluding carboxylic acids is 1. The molecule has 1 N–H and O–H groups in total. The van der Waals surface area contributed by atoms with E-state index in [9.17, 15) is 18.0 Å². The average Bonchev–Trinajstić information content (AvgIpc) is 2.67. The Morgan fingerprint density at radius 1 is 1.17 bits per heavy atom. The molecule has 0 saturated heterocycles. The normalized spacial score (nSPS) is 11.8. The first-order chi connectivity index (χ1) is 13.6. The zero-order valence-electron chi connectivity index (χ0n) is 16.5. The Morgan fingerprint density at radius 2 is 1.86 bits per heavy atom. The molecule has 0 saturated carbocycles. The minimum Gasteiger partial charge on any atom is -0.324 e. The van der Waals surface area contributed by atoms with E-state index in [0.717, 1.165) is 14.6 Å². The lowest BCUT2D eigenvalue weighted by Crippen LogP contribution is -2.30. The maximum absolute atomic E-state index is 12.5. The summed E-state index contributed by atoms with van der Waals surface area (Å²) in [5.41, 5.74) is 1.82. The number of fused-ring (bicyclic) bond motifs is 1. The molecule has 0 aliphatic carbocycles. The number of nitrogens with one attached hydrogen (secondary N) is 1. The Balaban J connectivity index is 1.91. The second-order valence-corrected chi connectivity index (χ2v) is 8.97. The maximum Gasteiger partial charge on any atom is 0.278 e. The van der Waals surface area contributed by atoms with Gasteiger partial charge in [-0.05, 0) is 49.2 Å². The van der Waals surface area contributed by atoms with E-state index in [1.165, 1.54) is 20.2 Å². The van der Waals surface area contributed by atoms with Gasteiger partial charge in [-0.25, -0.2) is 17.4 Å². The first kappa shape index (κ1) is 20.6. The Bertz CT molecular complexity index is 1270. The number of amides is 1. The smallest absolute Gasteiger partial charge is 0.278 e. The Hall–Kier alpha value is -3.11. The Labute approximate surface area is 168 Å². The van der Waals surface area contributed by atoms with E-state index in [4.69, 9.17) is 0 Å². The molecular formula is C19H21N5O4S. The number of aryl methyl sites for hydroxylation is 1. The number of anilines is 1. The van der Waals surface area contributed by atoms with Crippen molar-refractivity contribution in [2.24, 2.45) is 0 Å². The molecule has 9 nitrogen and oxygen atoms in total. The largest absolute Gasteiger partial charge is 0.324 e. The van der Waals surface area contributed by atoms with Crippen LogP contribution < -0.4 is 10.9 Å². The van der Waals surface area contributed by atoms with Gasteiger partial charge in [0.15, 0.2) is 0 Å². The zero-order valence-corrected chi connectivity index (χ0v) is 17.3. The maximum atomic E-state index is 12.5. The molecular weight excluding hydrogens is 394 g/mol. The fraction of sp³-hybridized carbons (Fsp3) is 0.263. The van der Waals surface area contributed by atoms with Crippen molar-refractivity contribution in [3.63, 3.8) is 0 Å². The van der Waals surface area contributed by atoms with Crippen LogP contribution in [-0.2, 0) is 21.4 Å². The van der Waals surface area contributed by atoms with Crippen LogP contribution in [-0.4, -0.2) is 47.7 Å². The van der Waals surface area contributed by atoms with E-state index in [-0.39, 0.29) is 11.4 Å². The van der Waals surface area contributed by atoms with Crippen LogP contribution in [0.4, 0.5) is 5.69 Å². The van der Waals surface area contributed by atoms with Gasteiger partial charge >= 0.3 is 0 Å². The molecule has 3 rings (SSSR count). The molecule has 0 fully saturated rings. The molecule has 0 radical (unpaired) electrons. The van der Waals surface area contributed by atoms with Crippen molar-refractivity contribution in [3.8, 4) is 0 Å². The van der Waals surface area contributed by atoms with E-state index in [1.54, 1.807) is 44.2 Å². The van der Waals surface area contributed by atoms with Crippen molar-refractivity contribution in [3.05, 3.63) is 57.9 Å². The number of hydrogen-bond acceptors (Lipinski definition) is 6. The van der Waals surface area contributed by atoms with Crippen molar-refractivity contribution in [2.75, 3.05) is 19.4 Å². The van der Waals surface area contributed by atoms with E-state index in [2.05, 4.69) is 15.6 Å². The van der Waals surface area contributed by atoms with Crippen molar-refractivity contribution < 1.29 is 13.2 Å². The van der Waals surface area contributed by atoms with E-state index in [1.807, 2.05) is 0 Å². The molecule has 29 heavy (non-hydrogen) atoms. The highest BCUT2D eigenvalue weighted by molar-refractivity contribution is 7.89. The van der Waals surface area contributed by atoms with Crippen LogP contribution in [0.1, 0.15) is 11.1 Å². The van der Waals surface area contributed by atoms with Gasteiger partial charge in [-0.2, -0.15) is 0 Å². The highest BCUT2D eigenvalue weighted by Crippen LogP contribution is 2.25. The zero-order chi connectivity index (χ0) is 21.3. The summed E-state index contributed by atoms with van der Waals surface area (Å²) in [7, 11) is -0.784. The average molecular weight is 415 g/mol. The summed E-state index contributed by atoms with van der Waals surface area (Å²) in [5.74, 6) is -0.515. The third-order valence-corrected chi connectivity index (χ3v) is 6.41. The number of sulfonamides is 1. The third kappa shape index (κ3) is 4.03. The van der Waals surface area contributed by atoms with Crippen LogP contribution >= 0.6 is 0 Å². The van der Waals surface area contributed by atoms with Gasteiger partial charge in [0.1, 0.15) is 12.1 Å². The summed E-state index contributed by atoms with van der Waals surface area (Å²) in [5, 5.41) is 10.8. The van der Waals surface area contributed by atoms with Gasteiger partial charge in [-0.1, -0.05) is 17.3 Å². The fourth-order valence-electron chi connectivity index (χ4n) is 2.77. The minimum atomic E-state index is -3.66. The second-order valence-electron chi connectivity index (χ2n) is 6.82. The predicted octanol–water partition coefficient (Wildman–Crippen LogP) is 1.30. The van der Waals surface area contributed by atoms with Crippen LogP contribution in [0.25, 0.3) is 10.9 Å². The molecule has 0 atom stereocenters. The summed E-state index contributed by atoms with van der Waals surface area (Å²) in [6.07, 6.45) is 0. The molecule has 10 heteroatoms. The topological polar surface area (TPSA) is 114 Å². The van der Waals surface area contributed by atoms with Crippen molar-refractivity contribution in [1.29, 1.82) is 0 Å². The highest BCUT2D eigenvalue weighted by Gasteiger charge is 2.20. The summed E-state index contributed by atoms with van der Waals surface area (Å²) >= 11 is 0. The van der Waals surface area contributed by atoms with E-state index in [0.29, 0.717) is 22.2 Å². The molecule has 1 heterocycles. The summed E-state index contributed by atoms with van der Waals surface area (Å²) in [6, 6.07) is 9.69. The van der Waals surface area contributed by atoms with Crippen molar-refractivity contribution in [1.82, 2.24) is 19.3 Å². The van der Waals surface area contributed by atoms with Crippen LogP contribution in [0, 0.1) is 13.8 Å². The number of hydrogen-bond donors (Lipinski definition) is 1. The Morgan fingerprint density at radius 3 is 2.55 bits per heavy atom. The molecule has 1 amide bonds. The van der Waals surface area contributed by atoms with Crippen LogP contribution in [0.5, 0.6) is 0 Å². The molecule has 3 aromatic rings. The monoisotopic (exact) mass is 415 g/mol. The SMILES string of the molecule is Cc1cc(S(=O)(=O)N(C)C)cc(NC(=O)Cn2nnc3ccccc3c2=O)c1C. The summed E-state index contributed by atoms with van der Waals surface area (Å²) in [4.78, 5) is 25.1. The summed E-state index contributed by atoms with van der Waals surface area (Å²) in [6.45, 7) is 3.19. The molecule has 152 valence electrons. The van der Waals surface area contributed by atoms with E-state index >= 15 is 0 Å². The first-order valence-electron chi connectivity index (χ1n) is 8.77. The number of nitrogens with zero attached hydrogens (tertiary/aromatic N) is 4. The highest BCUT2D eigenvalue weighted by atomic mass is 32.2.